The van der Waals surface area contributed by atoms with Gasteiger partial charge in [0.2, 0.25) is 0 Å². The number of benzene rings is 2. The lowest BCUT2D eigenvalue weighted by Crippen LogP contribution is -2.57. The maximum atomic E-state index is 13.3. The molecular formula is C25H33N5O. The average Bonchev–Trinajstić information content (AvgIpc) is 2.78. The minimum atomic E-state index is 0.0685. The Morgan fingerprint density at radius 2 is 1.61 bits per heavy atom. The van der Waals surface area contributed by atoms with Gasteiger partial charge in [-0.05, 0) is 29.9 Å². The van der Waals surface area contributed by atoms with Crippen molar-refractivity contribution in [2.45, 2.75) is 38.9 Å². The molecule has 2 aromatic carbocycles. The van der Waals surface area contributed by atoms with Gasteiger partial charge in [-0.3, -0.25) is 10.3 Å². The zero-order chi connectivity index (χ0) is 21.8. The van der Waals surface area contributed by atoms with Gasteiger partial charge in [-0.25, -0.2) is 4.79 Å². The van der Waals surface area contributed by atoms with Gasteiger partial charge in [0, 0.05) is 50.9 Å². The van der Waals surface area contributed by atoms with E-state index in [4.69, 9.17) is 11.1 Å². The number of urea groups is 1. The first-order valence-corrected chi connectivity index (χ1v) is 11.2. The quantitative estimate of drug-likeness (QED) is 0.556. The van der Waals surface area contributed by atoms with Crippen LogP contribution in [0.5, 0.6) is 0 Å². The van der Waals surface area contributed by atoms with Gasteiger partial charge in [0.05, 0.1) is 0 Å². The Bertz CT molecular complexity index is 890. The maximum Gasteiger partial charge on any atom is 0.320 e. The van der Waals surface area contributed by atoms with Crippen LogP contribution in [0.1, 0.15) is 36.5 Å². The summed E-state index contributed by atoms with van der Waals surface area (Å²) in [6.07, 6.45) is 2.07. The number of piperidine rings is 1. The number of carbonyl (C=O) groups excluding carboxylic acids is 1. The first-order chi connectivity index (χ1) is 15.0. The molecule has 164 valence electrons. The Kier molecular flexibility index (Phi) is 6.56. The minimum Gasteiger partial charge on any atom is -0.384 e. The topological polar surface area (TPSA) is 76.7 Å². The number of likely N-dealkylation sites (tertiary alicyclic amines) is 1. The highest BCUT2D eigenvalue weighted by Gasteiger charge is 2.35. The van der Waals surface area contributed by atoms with Gasteiger partial charge < -0.3 is 15.5 Å². The second-order valence-corrected chi connectivity index (χ2v) is 9.02. The Morgan fingerprint density at radius 3 is 2.26 bits per heavy atom. The van der Waals surface area contributed by atoms with Gasteiger partial charge in [-0.1, -0.05) is 61.5 Å². The molecule has 0 aliphatic carbocycles. The van der Waals surface area contributed by atoms with E-state index in [1.165, 1.54) is 5.56 Å². The minimum absolute atomic E-state index is 0.0685. The summed E-state index contributed by atoms with van der Waals surface area (Å²) in [6.45, 7) is 7.52. The number of nitrogens with two attached hydrogens (primary N) is 1. The number of amidine groups is 1. The fourth-order valence-corrected chi connectivity index (χ4v) is 4.79. The third-order valence-electron chi connectivity index (χ3n) is 6.44. The van der Waals surface area contributed by atoms with E-state index in [0.717, 1.165) is 51.1 Å². The van der Waals surface area contributed by atoms with Crippen LogP contribution in [-0.4, -0.2) is 58.8 Å². The molecule has 0 aromatic heterocycles. The fourth-order valence-electron chi connectivity index (χ4n) is 4.79. The van der Waals surface area contributed by atoms with E-state index < -0.39 is 0 Å². The lowest BCUT2D eigenvalue weighted by molar-refractivity contribution is 0.0576. The maximum absolute atomic E-state index is 13.3. The van der Waals surface area contributed by atoms with Crippen LogP contribution in [0.3, 0.4) is 0 Å². The predicted molar refractivity (Wildman–Crippen MR) is 124 cm³/mol. The van der Waals surface area contributed by atoms with Crippen LogP contribution < -0.4 is 5.73 Å². The first-order valence-electron chi connectivity index (χ1n) is 11.2. The first kappa shape index (κ1) is 21.4. The number of rotatable bonds is 6. The second-order valence-electron chi connectivity index (χ2n) is 9.02. The van der Waals surface area contributed by atoms with Crippen LogP contribution in [0.15, 0.2) is 54.6 Å². The van der Waals surface area contributed by atoms with Gasteiger partial charge in [-0.15, -0.1) is 0 Å². The molecule has 0 saturated carbocycles. The highest BCUT2D eigenvalue weighted by atomic mass is 16.2. The van der Waals surface area contributed by atoms with Crippen molar-refractivity contribution < 1.29 is 4.79 Å². The van der Waals surface area contributed by atoms with Crippen molar-refractivity contribution in [2.24, 2.45) is 11.7 Å². The number of carbonyl (C=O) groups is 1. The number of nitrogen functional groups attached to an aromatic ring is 1. The van der Waals surface area contributed by atoms with Gasteiger partial charge in [0.15, 0.2) is 0 Å². The van der Waals surface area contributed by atoms with Crippen LogP contribution in [0.25, 0.3) is 0 Å². The van der Waals surface area contributed by atoms with E-state index in [-0.39, 0.29) is 11.9 Å². The normalized spacial score (nSPS) is 20.8. The standard InChI is InChI=1S/C25H33N5O/c1-19-15-29(18-21-7-9-22(10-8-21)24(26)27)25(31)30(16-19)23-11-13-28(14-12-23)17-20-5-3-2-4-6-20/h2-10,19,23H,11-18H2,1H3,(H3,26,27). The largest absolute Gasteiger partial charge is 0.384 e. The van der Waals surface area contributed by atoms with Crippen molar-refractivity contribution in [3.63, 3.8) is 0 Å². The van der Waals surface area contributed by atoms with Crippen molar-refractivity contribution in [3.8, 4) is 0 Å². The summed E-state index contributed by atoms with van der Waals surface area (Å²) >= 11 is 0. The van der Waals surface area contributed by atoms with E-state index >= 15 is 0 Å². The number of nitrogens with zero attached hydrogens (tertiary/aromatic N) is 3. The smallest absolute Gasteiger partial charge is 0.320 e. The van der Waals surface area contributed by atoms with Crippen molar-refractivity contribution in [2.75, 3.05) is 26.2 Å². The molecule has 4 rings (SSSR count). The Hall–Kier alpha value is -2.86. The van der Waals surface area contributed by atoms with Crippen LogP contribution in [-0.2, 0) is 13.1 Å². The lowest BCUT2D eigenvalue weighted by Gasteiger charge is -2.45. The molecule has 2 heterocycles. The molecular weight excluding hydrogens is 386 g/mol. The molecule has 0 bridgehead atoms. The van der Waals surface area contributed by atoms with Crippen molar-refractivity contribution in [1.82, 2.24) is 14.7 Å². The molecule has 2 aliphatic heterocycles. The Labute approximate surface area is 185 Å². The van der Waals surface area contributed by atoms with Crippen LogP contribution in [0.4, 0.5) is 4.79 Å². The summed E-state index contributed by atoms with van der Waals surface area (Å²) in [5, 5.41) is 7.54. The summed E-state index contributed by atoms with van der Waals surface area (Å²) in [7, 11) is 0. The number of amides is 2. The summed E-state index contributed by atoms with van der Waals surface area (Å²) < 4.78 is 0. The molecule has 2 aliphatic rings. The number of hydrogen-bond donors (Lipinski definition) is 2. The molecule has 2 aromatic rings. The number of nitrogens with one attached hydrogen (secondary N) is 1. The van der Waals surface area contributed by atoms with Crippen LogP contribution >= 0.6 is 0 Å². The highest BCUT2D eigenvalue weighted by molar-refractivity contribution is 5.94. The highest BCUT2D eigenvalue weighted by Crippen LogP contribution is 2.25. The molecule has 31 heavy (non-hydrogen) atoms. The third-order valence-corrected chi connectivity index (χ3v) is 6.44. The van der Waals surface area contributed by atoms with Gasteiger partial charge >= 0.3 is 6.03 Å². The molecule has 2 amide bonds. The lowest BCUT2D eigenvalue weighted by atomic mass is 9.99. The Morgan fingerprint density at radius 1 is 0.968 bits per heavy atom. The molecule has 3 N–H and O–H groups in total. The third kappa shape index (κ3) is 5.25. The SMILES string of the molecule is CC1CN(Cc2ccc(C(=N)N)cc2)C(=O)N(C2CCN(Cc3ccccc3)CC2)C1. The van der Waals surface area contributed by atoms with Crippen molar-refractivity contribution in [1.29, 1.82) is 5.41 Å². The molecule has 6 nitrogen and oxygen atoms in total. The monoisotopic (exact) mass is 419 g/mol. The second kappa shape index (κ2) is 9.52. The zero-order valence-corrected chi connectivity index (χ0v) is 18.3. The van der Waals surface area contributed by atoms with Crippen LogP contribution in [0.2, 0.25) is 0 Å². The molecule has 1 atom stereocenters. The molecule has 1 unspecified atom stereocenters. The molecule has 0 spiro atoms. The molecule has 0 radical (unpaired) electrons. The molecule has 2 fully saturated rings. The van der Waals surface area contributed by atoms with Crippen molar-refractivity contribution >= 4 is 11.9 Å². The summed E-state index contributed by atoms with van der Waals surface area (Å²) in [5.74, 6) is 0.524. The fraction of sp³-hybridized carbons (Fsp3) is 0.440. The Balaban J connectivity index is 1.35. The van der Waals surface area contributed by atoms with E-state index in [2.05, 4.69) is 47.1 Å². The molecule has 6 heteroatoms. The van der Waals surface area contributed by atoms with Gasteiger partial charge in [-0.2, -0.15) is 0 Å². The summed E-state index contributed by atoms with van der Waals surface area (Å²) in [5.41, 5.74) is 8.69. The summed E-state index contributed by atoms with van der Waals surface area (Å²) in [6, 6.07) is 18.8. The summed E-state index contributed by atoms with van der Waals surface area (Å²) in [4.78, 5) is 19.9. The van der Waals surface area contributed by atoms with Gasteiger partial charge in [0.25, 0.3) is 0 Å². The van der Waals surface area contributed by atoms with E-state index in [1.54, 1.807) is 0 Å². The predicted octanol–water partition coefficient (Wildman–Crippen LogP) is 3.51. The van der Waals surface area contributed by atoms with Crippen LogP contribution in [0, 0.1) is 11.3 Å². The van der Waals surface area contributed by atoms with Gasteiger partial charge in [0.1, 0.15) is 5.84 Å². The molecule has 2 saturated heterocycles. The number of hydrogen-bond acceptors (Lipinski definition) is 3. The van der Waals surface area contributed by atoms with E-state index in [0.29, 0.717) is 24.1 Å². The average molecular weight is 420 g/mol. The zero-order valence-electron chi connectivity index (χ0n) is 18.3. The van der Waals surface area contributed by atoms with E-state index in [9.17, 15) is 4.79 Å². The van der Waals surface area contributed by atoms with E-state index in [1.807, 2.05) is 29.2 Å². The van der Waals surface area contributed by atoms with Crippen molar-refractivity contribution in [3.05, 3.63) is 71.3 Å².